The predicted octanol–water partition coefficient (Wildman–Crippen LogP) is 2.56. The van der Waals surface area contributed by atoms with Crippen molar-refractivity contribution in [3.8, 4) is 5.75 Å². The molecule has 0 atom stereocenters. The standard InChI is InChI=1S/C25H34N4O3/c1-4-5-6-7-12-27-19-10-13-28(14-11-19)15-16-29-23-17-20(32-3)8-9-21(23)22(18-24(29)30)25(31)26-2/h4-9,17-19,27H,10-16H2,1-3H3,(H,26,31). The Bertz CT molecular complexity index is 1030. The Labute approximate surface area is 189 Å². The number of hydrogen-bond donors (Lipinski definition) is 2. The van der Waals surface area contributed by atoms with Crippen LogP contribution in [-0.4, -0.2) is 61.8 Å². The molecule has 0 radical (unpaired) electrons. The second-order valence-corrected chi connectivity index (χ2v) is 7.99. The molecule has 1 aromatic carbocycles. The van der Waals surface area contributed by atoms with Gasteiger partial charge in [0, 0.05) is 50.2 Å². The number of nitrogens with zero attached hydrogens (tertiary/aromatic N) is 2. The number of carbonyl (C=O) groups is 1. The van der Waals surface area contributed by atoms with Crippen LogP contribution in [0.3, 0.4) is 0 Å². The second-order valence-electron chi connectivity index (χ2n) is 7.99. The van der Waals surface area contributed by atoms with Crippen LogP contribution in [0.15, 0.2) is 53.4 Å². The van der Waals surface area contributed by atoms with Crippen LogP contribution in [0.1, 0.15) is 30.1 Å². The number of nitrogens with one attached hydrogen (secondary N) is 2. The molecular weight excluding hydrogens is 404 g/mol. The van der Waals surface area contributed by atoms with Crippen LogP contribution >= 0.6 is 0 Å². The van der Waals surface area contributed by atoms with Gasteiger partial charge in [0.15, 0.2) is 0 Å². The molecule has 0 unspecified atom stereocenters. The summed E-state index contributed by atoms with van der Waals surface area (Å²) < 4.78 is 7.11. The number of aromatic nitrogens is 1. The van der Waals surface area contributed by atoms with E-state index < -0.39 is 0 Å². The van der Waals surface area contributed by atoms with Gasteiger partial charge in [0.25, 0.3) is 11.5 Å². The highest BCUT2D eigenvalue weighted by Crippen LogP contribution is 2.23. The molecule has 1 fully saturated rings. The number of rotatable bonds is 9. The molecule has 172 valence electrons. The highest BCUT2D eigenvalue weighted by molar-refractivity contribution is 6.06. The van der Waals surface area contributed by atoms with Gasteiger partial charge in [-0.1, -0.05) is 24.3 Å². The zero-order valence-electron chi connectivity index (χ0n) is 19.3. The number of ether oxygens (including phenoxy) is 1. The van der Waals surface area contributed by atoms with Crippen LogP contribution in [0.4, 0.5) is 0 Å². The van der Waals surface area contributed by atoms with Gasteiger partial charge in [0.1, 0.15) is 5.75 Å². The fourth-order valence-corrected chi connectivity index (χ4v) is 4.14. The average Bonchev–Trinajstić information content (AvgIpc) is 2.82. The first-order valence-corrected chi connectivity index (χ1v) is 11.2. The Morgan fingerprint density at radius 3 is 2.66 bits per heavy atom. The quantitative estimate of drug-likeness (QED) is 0.589. The third-order valence-corrected chi connectivity index (χ3v) is 5.98. The van der Waals surface area contributed by atoms with Crippen molar-refractivity contribution in [3.63, 3.8) is 0 Å². The number of allylic oxidation sites excluding steroid dienone is 3. The molecule has 3 rings (SSSR count). The van der Waals surface area contributed by atoms with Crippen LogP contribution in [0.2, 0.25) is 0 Å². The fourth-order valence-electron chi connectivity index (χ4n) is 4.14. The van der Waals surface area contributed by atoms with E-state index in [9.17, 15) is 9.59 Å². The Morgan fingerprint density at radius 1 is 1.19 bits per heavy atom. The van der Waals surface area contributed by atoms with Crippen LogP contribution in [0.25, 0.3) is 10.9 Å². The number of carbonyl (C=O) groups excluding carboxylic acids is 1. The summed E-state index contributed by atoms with van der Waals surface area (Å²) in [6.45, 7) is 6.26. The highest BCUT2D eigenvalue weighted by atomic mass is 16.5. The summed E-state index contributed by atoms with van der Waals surface area (Å²) in [7, 11) is 3.17. The van der Waals surface area contributed by atoms with Gasteiger partial charge in [-0.05, 0) is 45.0 Å². The van der Waals surface area contributed by atoms with E-state index in [0.29, 0.717) is 23.9 Å². The van der Waals surface area contributed by atoms with Gasteiger partial charge < -0.3 is 24.8 Å². The van der Waals surface area contributed by atoms with Crippen molar-refractivity contribution < 1.29 is 9.53 Å². The third kappa shape index (κ3) is 5.87. The summed E-state index contributed by atoms with van der Waals surface area (Å²) in [6.07, 6.45) is 10.4. The zero-order valence-corrected chi connectivity index (χ0v) is 19.3. The Balaban J connectivity index is 1.67. The Hall–Kier alpha value is -2.90. The average molecular weight is 439 g/mol. The van der Waals surface area contributed by atoms with Gasteiger partial charge >= 0.3 is 0 Å². The molecule has 1 aliphatic heterocycles. The SMILES string of the molecule is CC=CC=CCNC1CCN(CCn2c(=O)cc(C(=O)NC)c3ccc(OC)cc32)CC1. The molecule has 2 heterocycles. The van der Waals surface area contributed by atoms with E-state index in [1.807, 2.05) is 37.3 Å². The smallest absolute Gasteiger partial charge is 0.251 e. The molecule has 0 aliphatic carbocycles. The first-order valence-electron chi connectivity index (χ1n) is 11.2. The number of hydrogen-bond acceptors (Lipinski definition) is 5. The number of pyridine rings is 1. The number of benzene rings is 1. The highest BCUT2D eigenvalue weighted by Gasteiger charge is 2.19. The van der Waals surface area contributed by atoms with Gasteiger partial charge in [-0.15, -0.1) is 0 Å². The van der Waals surface area contributed by atoms with E-state index in [1.165, 1.54) is 6.07 Å². The van der Waals surface area contributed by atoms with Crippen molar-refractivity contribution in [1.82, 2.24) is 20.1 Å². The van der Waals surface area contributed by atoms with Gasteiger partial charge in [-0.3, -0.25) is 9.59 Å². The molecule has 1 amide bonds. The van der Waals surface area contributed by atoms with Crippen LogP contribution in [0.5, 0.6) is 5.75 Å². The number of fused-ring (bicyclic) bond motifs is 1. The minimum absolute atomic E-state index is 0.172. The topological polar surface area (TPSA) is 75.6 Å². The van der Waals surface area contributed by atoms with Crippen molar-refractivity contribution in [2.24, 2.45) is 0 Å². The molecule has 0 spiro atoms. The lowest BCUT2D eigenvalue weighted by molar-refractivity contribution is 0.0964. The molecular formula is C25H34N4O3. The van der Waals surface area contributed by atoms with E-state index in [2.05, 4.69) is 27.7 Å². The molecule has 1 aliphatic rings. The van der Waals surface area contributed by atoms with Gasteiger partial charge in [-0.2, -0.15) is 0 Å². The largest absolute Gasteiger partial charge is 0.497 e. The molecule has 2 N–H and O–H groups in total. The lowest BCUT2D eigenvalue weighted by Crippen LogP contribution is -2.44. The van der Waals surface area contributed by atoms with Crippen molar-refractivity contribution in [3.05, 3.63) is 64.5 Å². The molecule has 7 nitrogen and oxygen atoms in total. The van der Waals surface area contributed by atoms with Crippen molar-refractivity contribution in [1.29, 1.82) is 0 Å². The fraction of sp³-hybridized carbons (Fsp3) is 0.440. The first kappa shape index (κ1) is 23.8. The third-order valence-electron chi connectivity index (χ3n) is 5.98. The summed E-state index contributed by atoms with van der Waals surface area (Å²) in [4.78, 5) is 27.6. The van der Waals surface area contributed by atoms with E-state index in [-0.39, 0.29) is 11.5 Å². The molecule has 0 saturated carbocycles. The van der Waals surface area contributed by atoms with Gasteiger partial charge in [-0.25, -0.2) is 0 Å². The lowest BCUT2D eigenvalue weighted by atomic mass is 10.0. The van der Waals surface area contributed by atoms with Gasteiger partial charge in [0.2, 0.25) is 0 Å². The molecule has 7 heteroatoms. The molecule has 0 bridgehead atoms. The summed E-state index contributed by atoms with van der Waals surface area (Å²) in [5, 5.41) is 6.96. The number of piperidine rings is 1. The molecule has 32 heavy (non-hydrogen) atoms. The monoisotopic (exact) mass is 438 g/mol. The maximum Gasteiger partial charge on any atom is 0.251 e. The molecule has 1 saturated heterocycles. The van der Waals surface area contributed by atoms with E-state index in [1.54, 1.807) is 18.7 Å². The summed E-state index contributed by atoms with van der Waals surface area (Å²) in [6, 6.07) is 7.46. The van der Waals surface area contributed by atoms with Crippen LogP contribution in [-0.2, 0) is 6.54 Å². The van der Waals surface area contributed by atoms with Gasteiger partial charge in [0.05, 0.1) is 18.2 Å². The van der Waals surface area contributed by atoms with Crippen LogP contribution in [0, 0.1) is 0 Å². The number of likely N-dealkylation sites (tertiary alicyclic amines) is 1. The lowest BCUT2D eigenvalue weighted by Gasteiger charge is -2.32. The zero-order chi connectivity index (χ0) is 22.9. The summed E-state index contributed by atoms with van der Waals surface area (Å²) >= 11 is 0. The Morgan fingerprint density at radius 2 is 1.97 bits per heavy atom. The van der Waals surface area contributed by atoms with Crippen LogP contribution < -0.4 is 20.9 Å². The van der Waals surface area contributed by atoms with E-state index in [0.717, 1.165) is 49.9 Å². The number of amides is 1. The Kier molecular flexibility index (Phi) is 8.64. The second kappa shape index (κ2) is 11.6. The summed E-state index contributed by atoms with van der Waals surface area (Å²) in [5.74, 6) is 0.398. The van der Waals surface area contributed by atoms with Crippen molar-refractivity contribution in [2.45, 2.75) is 32.4 Å². The maximum atomic E-state index is 12.9. The van der Waals surface area contributed by atoms with Crippen molar-refractivity contribution >= 4 is 16.8 Å². The normalized spacial score (nSPS) is 15.7. The van der Waals surface area contributed by atoms with E-state index >= 15 is 0 Å². The van der Waals surface area contributed by atoms with E-state index in [4.69, 9.17) is 4.74 Å². The minimum atomic E-state index is -0.264. The molecule has 2 aromatic rings. The molecule has 1 aromatic heterocycles. The van der Waals surface area contributed by atoms with Crippen molar-refractivity contribution in [2.75, 3.05) is 40.3 Å². The predicted molar refractivity (Wildman–Crippen MR) is 130 cm³/mol. The maximum absolute atomic E-state index is 12.9. The number of methoxy groups -OCH3 is 1. The summed E-state index contributed by atoms with van der Waals surface area (Å²) in [5.41, 5.74) is 0.940. The minimum Gasteiger partial charge on any atom is -0.497 e. The first-order chi connectivity index (χ1) is 15.6.